The third-order valence-corrected chi connectivity index (χ3v) is 2.44. The molecule has 9 nitrogen and oxygen atoms in total. The minimum Gasteiger partial charge on any atom is -0.394 e. The average molecular weight is 245 g/mol. The van der Waals surface area contributed by atoms with Crippen LogP contribution in [0.5, 0.6) is 0 Å². The third kappa shape index (κ3) is 1.45. The van der Waals surface area contributed by atoms with Gasteiger partial charge in [0, 0.05) is 24.8 Å². The van der Waals surface area contributed by atoms with Crippen molar-refractivity contribution in [3.05, 3.63) is 36.3 Å². The molecule has 2 aromatic heterocycles. The minimum absolute atomic E-state index is 0.198. The van der Waals surface area contributed by atoms with Crippen LogP contribution in [0.1, 0.15) is 5.82 Å². The van der Waals surface area contributed by atoms with Gasteiger partial charge in [-0.25, -0.2) is 20.5 Å². The second kappa shape index (κ2) is 3.80. The van der Waals surface area contributed by atoms with Crippen molar-refractivity contribution < 1.29 is 0 Å². The van der Waals surface area contributed by atoms with Gasteiger partial charge in [0.25, 0.3) is 0 Å². The van der Waals surface area contributed by atoms with E-state index in [1.807, 2.05) is 0 Å². The van der Waals surface area contributed by atoms with Crippen LogP contribution >= 0.6 is 0 Å². The molecular weight excluding hydrogens is 234 g/mol. The number of H-pyrrole nitrogens is 2. The van der Waals surface area contributed by atoms with E-state index < -0.39 is 0 Å². The molecule has 0 saturated heterocycles. The molecule has 0 unspecified atom stereocenters. The van der Waals surface area contributed by atoms with Crippen LogP contribution in [0.25, 0.3) is 5.70 Å². The summed E-state index contributed by atoms with van der Waals surface area (Å²) in [5.74, 6) is 1.29. The van der Waals surface area contributed by atoms with Crippen LogP contribution in [0.2, 0.25) is 0 Å². The van der Waals surface area contributed by atoms with Crippen LogP contribution in [0, 0.1) is 0 Å². The molecule has 0 spiro atoms. The number of nitrogens with one attached hydrogen (secondary N) is 3. The summed E-state index contributed by atoms with van der Waals surface area (Å²) in [4.78, 5) is 14.2. The van der Waals surface area contributed by atoms with Crippen molar-refractivity contribution >= 4 is 17.5 Å². The highest BCUT2D eigenvalue weighted by Gasteiger charge is 2.26. The largest absolute Gasteiger partial charge is 0.394 e. The van der Waals surface area contributed by atoms with Gasteiger partial charge in [0.2, 0.25) is 5.95 Å². The van der Waals surface area contributed by atoms with Gasteiger partial charge in [0.1, 0.15) is 11.4 Å². The van der Waals surface area contributed by atoms with Crippen molar-refractivity contribution in [2.75, 3.05) is 5.01 Å². The molecular formula is C9H11N9. The maximum absolute atomic E-state index is 5.95. The van der Waals surface area contributed by atoms with Crippen molar-refractivity contribution in [1.29, 1.82) is 0 Å². The predicted molar refractivity (Wildman–Crippen MR) is 65.5 cm³/mol. The Balaban J connectivity index is 2.12. The number of anilines is 1. The first-order valence-electron chi connectivity index (χ1n) is 5.15. The summed E-state index contributed by atoms with van der Waals surface area (Å²) < 4.78 is 0. The van der Waals surface area contributed by atoms with Crippen molar-refractivity contribution in [1.82, 2.24) is 25.5 Å². The second-order valence-corrected chi connectivity index (χ2v) is 3.55. The molecule has 7 N–H and O–H groups in total. The number of hydrogen-bond donors (Lipinski definition) is 5. The number of amidine groups is 1. The monoisotopic (exact) mass is 245 g/mol. The Kier molecular flexibility index (Phi) is 2.15. The van der Waals surface area contributed by atoms with Gasteiger partial charge >= 0.3 is 0 Å². The molecule has 0 amide bonds. The van der Waals surface area contributed by atoms with E-state index in [9.17, 15) is 0 Å². The number of rotatable bonds is 2. The number of aromatic nitrogens is 4. The van der Waals surface area contributed by atoms with Crippen LogP contribution < -0.4 is 22.0 Å². The van der Waals surface area contributed by atoms with E-state index in [0.29, 0.717) is 23.2 Å². The molecule has 0 atom stereocenters. The zero-order valence-corrected chi connectivity index (χ0v) is 9.25. The first-order chi connectivity index (χ1) is 8.77. The van der Waals surface area contributed by atoms with Gasteiger partial charge < -0.3 is 21.4 Å². The zero-order valence-electron chi connectivity index (χ0n) is 9.25. The van der Waals surface area contributed by atoms with Gasteiger partial charge in [-0.1, -0.05) is 0 Å². The molecule has 3 rings (SSSR count). The van der Waals surface area contributed by atoms with Gasteiger partial charge in [0.05, 0.1) is 0 Å². The highest BCUT2D eigenvalue weighted by molar-refractivity contribution is 6.05. The Bertz CT molecular complexity index is 592. The molecule has 0 saturated carbocycles. The van der Waals surface area contributed by atoms with Gasteiger partial charge in [-0.05, 0) is 0 Å². The summed E-state index contributed by atoms with van der Waals surface area (Å²) in [5.41, 5.74) is 15.3. The maximum Gasteiger partial charge on any atom is 0.228 e. The number of imidazole rings is 2. The quantitative estimate of drug-likeness (QED) is 0.463. The summed E-state index contributed by atoms with van der Waals surface area (Å²) in [6.07, 6.45) is 6.62. The molecule has 18 heavy (non-hydrogen) atoms. The van der Waals surface area contributed by atoms with Crippen LogP contribution in [-0.4, -0.2) is 25.8 Å². The predicted octanol–water partition coefficient (Wildman–Crippen LogP) is -0.943. The van der Waals surface area contributed by atoms with Crippen molar-refractivity contribution in [2.24, 2.45) is 16.6 Å². The van der Waals surface area contributed by atoms with Gasteiger partial charge in [-0.2, -0.15) is 0 Å². The number of hydrazine groups is 1. The molecule has 1 aliphatic heterocycles. The molecule has 2 aromatic rings. The molecule has 3 heterocycles. The number of nitrogens with zero attached hydrogens (tertiary/aromatic N) is 4. The fourth-order valence-electron chi connectivity index (χ4n) is 1.62. The minimum atomic E-state index is 0.198. The molecule has 0 radical (unpaired) electrons. The van der Waals surface area contributed by atoms with Crippen molar-refractivity contribution in [3.8, 4) is 0 Å². The van der Waals surface area contributed by atoms with Crippen LogP contribution in [0.3, 0.4) is 0 Å². The maximum atomic E-state index is 5.95. The Morgan fingerprint density at radius 1 is 1.06 bits per heavy atom. The van der Waals surface area contributed by atoms with Crippen LogP contribution in [-0.2, 0) is 0 Å². The van der Waals surface area contributed by atoms with Crippen LogP contribution in [0.15, 0.2) is 35.6 Å². The third-order valence-electron chi connectivity index (χ3n) is 2.44. The fraction of sp³-hybridized carbons (Fsp3) is 0. The highest BCUT2D eigenvalue weighted by Crippen LogP contribution is 2.22. The molecule has 92 valence electrons. The summed E-state index contributed by atoms with van der Waals surface area (Å²) in [5, 5.41) is 5.45. The van der Waals surface area contributed by atoms with Gasteiger partial charge in [0.15, 0.2) is 11.7 Å². The zero-order chi connectivity index (χ0) is 12.5. The van der Waals surface area contributed by atoms with E-state index in [4.69, 9.17) is 11.5 Å². The van der Waals surface area contributed by atoms with E-state index in [1.54, 1.807) is 29.8 Å². The SMILES string of the molecule is NC1=NNN(c2ncc[nH]2)C(c2ncc[nH]2)=C1N. The molecule has 0 aliphatic carbocycles. The standard InChI is InChI=1S/C9H11N9/c10-5-6(8-12-1-2-13-8)18(17-16-7(5)11)9-14-3-4-15-9/h1-4,17H,10H2,(H2,11,16)(H,12,13)(H,14,15). The molecule has 0 fully saturated rings. The molecule has 1 aliphatic rings. The van der Waals surface area contributed by atoms with E-state index in [0.717, 1.165) is 0 Å². The average Bonchev–Trinajstić information content (AvgIpc) is 3.03. The van der Waals surface area contributed by atoms with E-state index >= 15 is 0 Å². The van der Waals surface area contributed by atoms with Gasteiger partial charge in [-0.15, -0.1) is 5.10 Å². The smallest absolute Gasteiger partial charge is 0.228 e. The Morgan fingerprint density at radius 2 is 1.83 bits per heavy atom. The first kappa shape index (κ1) is 10.2. The van der Waals surface area contributed by atoms with E-state index in [2.05, 4.69) is 30.6 Å². The number of nitrogens with two attached hydrogens (primary N) is 2. The highest BCUT2D eigenvalue weighted by atomic mass is 15.7. The summed E-state index contributed by atoms with van der Waals surface area (Å²) in [6, 6.07) is 0. The van der Waals surface area contributed by atoms with E-state index in [-0.39, 0.29) is 5.84 Å². The molecule has 0 aromatic carbocycles. The van der Waals surface area contributed by atoms with Crippen LogP contribution in [0.4, 0.5) is 5.95 Å². The number of hydrogen-bond acceptors (Lipinski definition) is 7. The van der Waals surface area contributed by atoms with Gasteiger partial charge in [-0.3, -0.25) is 0 Å². The molecule has 9 heteroatoms. The fourth-order valence-corrected chi connectivity index (χ4v) is 1.62. The Labute approximate surface area is 102 Å². The lowest BCUT2D eigenvalue weighted by molar-refractivity contribution is 0.726. The lowest BCUT2D eigenvalue weighted by atomic mass is 10.2. The summed E-state index contributed by atoms with van der Waals surface area (Å²) in [6.45, 7) is 0. The Hall–Kier alpha value is -2.97. The van der Waals surface area contributed by atoms with Crippen molar-refractivity contribution in [3.63, 3.8) is 0 Å². The first-order valence-corrected chi connectivity index (χ1v) is 5.15. The lowest BCUT2D eigenvalue weighted by Gasteiger charge is -2.27. The Morgan fingerprint density at radius 3 is 2.50 bits per heavy atom. The van der Waals surface area contributed by atoms with E-state index in [1.165, 1.54) is 0 Å². The molecule has 0 bridgehead atoms. The summed E-state index contributed by atoms with van der Waals surface area (Å²) >= 11 is 0. The lowest BCUT2D eigenvalue weighted by Crippen LogP contribution is -2.43. The number of aromatic amines is 2. The normalized spacial score (nSPS) is 15.6. The second-order valence-electron chi connectivity index (χ2n) is 3.55. The topological polar surface area (TPSA) is 137 Å². The number of hydrazone groups is 1. The van der Waals surface area contributed by atoms with Crippen molar-refractivity contribution in [2.45, 2.75) is 0 Å². The summed E-state index contributed by atoms with van der Waals surface area (Å²) in [7, 11) is 0.